The molecular formula is C25H23N3O3S. The first-order valence-corrected chi connectivity index (χ1v) is 11.1. The highest BCUT2D eigenvalue weighted by Gasteiger charge is 2.13. The number of hydrogen-bond donors (Lipinski definition) is 1. The number of thioether (sulfide) groups is 1. The van der Waals surface area contributed by atoms with Crippen LogP contribution in [0.4, 0.5) is 5.69 Å². The fraction of sp³-hybridized carbons (Fsp3) is 0.160. The molecule has 3 aromatic carbocycles. The molecule has 0 aliphatic carbocycles. The molecule has 0 aliphatic heterocycles. The Morgan fingerprint density at radius 1 is 0.875 bits per heavy atom. The number of nitrogens with zero attached hydrogens (tertiary/aromatic N) is 2. The van der Waals surface area contributed by atoms with Crippen molar-refractivity contribution in [2.45, 2.75) is 11.4 Å². The molecule has 1 amide bonds. The van der Waals surface area contributed by atoms with Gasteiger partial charge in [-0.25, -0.2) is 9.97 Å². The molecule has 0 aliphatic rings. The third kappa shape index (κ3) is 5.18. The minimum absolute atomic E-state index is 0.136. The summed E-state index contributed by atoms with van der Waals surface area (Å²) >= 11 is 1.38. The van der Waals surface area contributed by atoms with E-state index in [0.717, 1.165) is 27.3 Å². The Morgan fingerprint density at radius 2 is 1.56 bits per heavy atom. The Morgan fingerprint density at radius 3 is 2.28 bits per heavy atom. The van der Waals surface area contributed by atoms with E-state index in [4.69, 9.17) is 19.4 Å². The third-order valence-corrected chi connectivity index (χ3v) is 5.83. The summed E-state index contributed by atoms with van der Waals surface area (Å²) in [6.07, 6.45) is 0.651. The van der Waals surface area contributed by atoms with Crippen LogP contribution in [0.3, 0.4) is 0 Å². The summed E-state index contributed by atoms with van der Waals surface area (Å²) in [5.41, 5.74) is 4.31. The Kier molecular flexibility index (Phi) is 6.87. The molecule has 0 radical (unpaired) electrons. The van der Waals surface area contributed by atoms with Crippen LogP contribution in [0.2, 0.25) is 0 Å². The number of benzene rings is 3. The average molecular weight is 446 g/mol. The van der Waals surface area contributed by atoms with Gasteiger partial charge in [0, 0.05) is 18.2 Å². The second-order valence-electron chi connectivity index (χ2n) is 7.03. The van der Waals surface area contributed by atoms with E-state index < -0.39 is 0 Å². The van der Waals surface area contributed by atoms with E-state index >= 15 is 0 Å². The molecule has 0 unspecified atom stereocenters. The van der Waals surface area contributed by atoms with Gasteiger partial charge in [0.15, 0.2) is 11.5 Å². The maximum absolute atomic E-state index is 12.6. The van der Waals surface area contributed by atoms with E-state index in [0.29, 0.717) is 23.6 Å². The van der Waals surface area contributed by atoms with E-state index in [1.54, 1.807) is 32.4 Å². The van der Waals surface area contributed by atoms with Gasteiger partial charge in [-0.15, -0.1) is 0 Å². The molecule has 1 aromatic heterocycles. The Hall–Kier alpha value is -3.58. The zero-order valence-corrected chi connectivity index (χ0v) is 18.7. The molecule has 4 rings (SSSR count). The van der Waals surface area contributed by atoms with Gasteiger partial charge in [0.2, 0.25) is 5.91 Å². The third-order valence-electron chi connectivity index (χ3n) is 4.83. The van der Waals surface area contributed by atoms with Crippen molar-refractivity contribution < 1.29 is 14.3 Å². The minimum atomic E-state index is -0.136. The topological polar surface area (TPSA) is 73.3 Å². The van der Waals surface area contributed by atoms with Crippen molar-refractivity contribution in [2.75, 3.05) is 25.3 Å². The molecular weight excluding hydrogens is 422 g/mol. The van der Waals surface area contributed by atoms with Crippen molar-refractivity contribution >= 4 is 34.4 Å². The number of carbonyl (C=O) groups excluding carboxylic acids is 1. The number of rotatable bonds is 8. The van der Waals surface area contributed by atoms with Crippen molar-refractivity contribution in [1.82, 2.24) is 9.97 Å². The van der Waals surface area contributed by atoms with Gasteiger partial charge in [-0.2, -0.15) is 0 Å². The first-order chi connectivity index (χ1) is 15.7. The maximum atomic E-state index is 12.6. The number of hydrogen-bond acceptors (Lipinski definition) is 6. The molecule has 0 saturated heterocycles. The van der Waals surface area contributed by atoms with Crippen molar-refractivity contribution in [3.05, 3.63) is 84.1 Å². The van der Waals surface area contributed by atoms with Gasteiger partial charge < -0.3 is 14.8 Å². The van der Waals surface area contributed by atoms with E-state index in [1.165, 1.54) is 11.8 Å². The molecule has 0 spiro atoms. The summed E-state index contributed by atoms with van der Waals surface area (Å²) in [4.78, 5) is 22.2. The number of aromatic nitrogens is 2. The zero-order chi connectivity index (χ0) is 22.3. The van der Waals surface area contributed by atoms with E-state index in [9.17, 15) is 4.79 Å². The van der Waals surface area contributed by atoms with Gasteiger partial charge in [-0.3, -0.25) is 4.79 Å². The van der Waals surface area contributed by atoms with Crippen LogP contribution in [0.15, 0.2) is 77.8 Å². The van der Waals surface area contributed by atoms with Crippen LogP contribution in [-0.2, 0) is 11.2 Å². The fourth-order valence-electron chi connectivity index (χ4n) is 3.29. The summed E-state index contributed by atoms with van der Waals surface area (Å²) in [7, 11) is 3.14. The van der Waals surface area contributed by atoms with Crippen LogP contribution in [0, 0.1) is 0 Å². The monoisotopic (exact) mass is 445 g/mol. The highest BCUT2D eigenvalue weighted by molar-refractivity contribution is 8.00. The highest BCUT2D eigenvalue weighted by Crippen LogP contribution is 2.30. The second kappa shape index (κ2) is 10.2. The van der Waals surface area contributed by atoms with Gasteiger partial charge >= 0.3 is 0 Å². The molecule has 162 valence electrons. The lowest BCUT2D eigenvalue weighted by atomic mass is 10.1. The molecule has 1 N–H and O–H groups in total. The Bertz CT molecular complexity index is 1230. The molecule has 0 saturated carbocycles. The molecule has 4 aromatic rings. The summed E-state index contributed by atoms with van der Waals surface area (Å²) in [5, 5.41) is 3.66. The smallest absolute Gasteiger partial charge is 0.234 e. The lowest BCUT2D eigenvalue weighted by Crippen LogP contribution is -2.14. The van der Waals surface area contributed by atoms with Crippen LogP contribution in [0.5, 0.6) is 11.5 Å². The number of methoxy groups -OCH3 is 2. The molecule has 6 nitrogen and oxygen atoms in total. The van der Waals surface area contributed by atoms with Gasteiger partial charge in [-0.05, 0) is 29.8 Å². The van der Waals surface area contributed by atoms with Crippen LogP contribution >= 0.6 is 11.8 Å². The van der Waals surface area contributed by atoms with E-state index in [-0.39, 0.29) is 11.7 Å². The SMILES string of the molecule is COc1ccc(NC(=O)CSc2nc3ccccc3nc2Cc2ccccc2)cc1OC. The number of nitrogens with one attached hydrogen (secondary N) is 1. The van der Waals surface area contributed by atoms with E-state index in [1.807, 2.05) is 42.5 Å². The van der Waals surface area contributed by atoms with Crippen LogP contribution in [-0.4, -0.2) is 35.8 Å². The number of anilines is 1. The summed E-state index contributed by atoms with van der Waals surface area (Å²) < 4.78 is 10.5. The fourth-order valence-corrected chi connectivity index (χ4v) is 4.07. The largest absolute Gasteiger partial charge is 0.493 e. The quantitative estimate of drug-likeness (QED) is 0.386. The number of carbonyl (C=O) groups is 1. The molecule has 32 heavy (non-hydrogen) atoms. The molecule has 7 heteroatoms. The number of ether oxygens (including phenoxy) is 2. The van der Waals surface area contributed by atoms with Crippen molar-refractivity contribution in [3.8, 4) is 11.5 Å². The summed E-state index contributed by atoms with van der Waals surface area (Å²) in [5.74, 6) is 1.24. The van der Waals surface area contributed by atoms with Gasteiger partial charge in [-0.1, -0.05) is 54.2 Å². The van der Waals surface area contributed by atoms with Crippen molar-refractivity contribution in [1.29, 1.82) is 0 Å². The standard InChI is InChI=1S/C25H23N3O3S/c1-30-22-13-12-18(15-23(22)31-2)26-24(29)16-32-25-21(14-17-8-4-3-5-9-17)27-19-10-6-7-11-20(19)28-25/h3-13,15H,14,16H2,1-2H3,(H,26,29). The van der Waals surface area contributed by atoms with E-state index in [2.05, 4.69) is 17.4 Å². The average Bonchev–Trinajstić information content (AvgIpc) is 2.83. The zero-order valence-electron chi connectivity index (χ0n) is 17.9. The lowest BCUT2D eigenvalue weighted by molar-refractivity contribution is -0.113. The lowest BCUT2D eigenvalue weighted by Gasteiger charge is -2.12. The Labute approximate surface area is 191 Å². The predicted molar refractivity (Wildman–Crippen MR) is 128 cm³/mol. The normalized spacial score (nSPS) is 10.7. The highest BCUT2D eigenvalue weighted by atomic mass is 32.2. The summed E-state index contributed by atoms with van der Waals surface area (Å²) in [6, 6.07) is 23.2. The molecule has 0 bridgehead atoms. The molecule has 0 atom stereocenters. The van der Waals surface area contributed by atoms with Crippen molar-refractivity contribution in [3.63, 3.8) is 0 Å². The minimum Gasteiger partial charge on any atom is -0.493 e. The number of amides is 1. The van der Waals surface area contributed by atoms with Gasteiger partial charge in [0.1, 0.15) is 5.03 Å². The van der Waals surface area contributed by atoms with Gasteiger partial charge in [0.25, 0.3) is 0 Å². The molecule has 0 fully saturated rings. The van der Waals surface area contributed by atoms with Crippen LogP contribution in [0.25, 0.3) is 11.0 Å². The number of fused-ring (bicyclic) bond motifs is 1. The molecule has 1 heterocycles. The second-order valence-corrected chi connectivity index (χ2v) is 8.00. The van der Waals surface area contributed by atoms with Crippen LogP contribution < -0.4 is 14.8 Å². The Balaban J connectivity index is 1.51. The van der Waals surface area contributed by atoms with Crippen LogP contribution in [0.1, 0.15) is 11.3 Å². The predicted octanol–water partition coefficient (Wildman–Crippen LogP) is 4.97. The maximum Gasteiger partial charge on any atom is 0.234 e. The van der Waals surface area contributed by atoms with Gasteiger partial charge in [0.05, 0.1) is 36.7 Å². The van der Waals surface area contributed by atoms with Crippen molar-refractivity contribution in [2.24, 2.45) is 0 Å². The first kappa shape index (κ1) is 21.6. The summed E-state index contributed by atoms with van der Waals surface area (Å²) in [6.45, 7) is 0. The number of para-hydroxylation sites is 2. The first-order valence-electron chi connectivity index (χ1n) is 10.1.